The van der Waals surface area contributed by atoms with E-state index in [1.807, 2.05) is 55.5 Å². The van der Waals surface area contributed by atoms with E-state index < -0.39 is 0 Å². The van der Waals surface area contributed by atoms with Gasteiger partial charge in [-0.15, -0.1) is 0 Å². The van der Waals surface area contributed by atoms with Crippen LogP contribution < -0.4 is 10.6 Å². The fraction of sp³-hybridized carbons (Fsp3) is 0.333. The number of benzene rings is 2. The van der Waals surface area contributed by atoms with Gasteiger partial charge in [0.1, 0.15) is 0 Å². The second-order valence-corrected chi connectivity index (χ2v) is 7.04. The van der Waals surface area contributed by atoms with Crippen molar-refractivity contribution in [2.24, 2.45) is 11.8 Å². The number of carbonyl (C=O) groups is 2. The van der Waals surface area contributed by atoms with Gasteiger partial charge in [0.25, 0.3) is 0 Å². The third-order valence-electron chi connectivity index (χ3n) is 4.59. The molecular formula is C21H24N2O2. The zero-order valence-electron chi connectivity index (χ0n) is 14.9. The highest BCUT2D eigenvalue weighted by molar-refractivity contribution is 6.03. The maximum Gasteiger partial charge on any atom is 0.228 e. The van der Waals surface area contributed by atoms with Crippen molar-refractivity contribution in [3.8, 4) is 0 Å². The van der Waals surface area contributed by atoms with E-state index in [2.05, 4.69) is 24.5 Å². The molecule has 0 saturated heterocycles. The molecule has 2 amide bonds. The van der Waals surface area contributed by atoms with Crippen molar-refractivity contribution in [3.63, 3.8) is 0 Å². The molecule has 0 bridgehead atoms. The molecule has 0 aromatic heterocycles. The average molecular weight is 336 g/mol. The van der Waals surface area contributed by atoms with Gasteiger partial charge in [-0.2, -0.15) is 0 Å². The van der Waals surface area contributed by atoms with Gasteiger partial charge in [0.2, 0.25) is 11.8 Å². The first-order valence-corrected chi connectivity index (χ1v) is 8.73. The number of para-hydroxylation sites is 1. The Kier molecular flexibility index (Phi) is 4.88. The third kappa shape index (κ3) is 4.08. The first-order chi connectivity index (χ1) is 12.0. The maximum atomic E-state index is 12.5. The molecule has 1 saturated carbocycles. The molecule has 25 heavy (non-hydrogen) atoms. The van der Waals surface area contributed by atoms with Gasteiger partial charge in [-0.25, -0.2) is 0 Å². The van der Waals surface area contributed by atoms with E-state index in [1.54, 1.807) is 0 Å². The normalized spacial score (nSPS) is 18.7. The molecule has 0 spiro atoms. The third-order valence-corrected chi connectivity index (χ3v) is 4.59. The van der Waals surface area contributed by atoms with Gasteiger partial charge in [0.15, 0.2) is 0 Å². The second-order valence-electron chi connectivity index (χ2n) is 7.04. The molecule has 2 N–H and O–H groups in total. The van der Waals surface area contributed by atoms with E-state index in [0.29, 0.717) is 12.3 Å². The predicted octanol–water partition coefficient (Wildman–Crippen LogP) is 4.33. The van der Waals surface area contributed by atoms with Gasteiger partial charge in [0.05, 0.1) is 11.8 Å². The zero-order valence-corrected chi connectivity index (χ0v) is 14.9. The Labute approximate surface area is 148 Å². The lowest BCUT2D eigenvalue weighted by Crippen LogP contribution is -2.21. The monoisotopic (exact) mass is 336 g/mol. The Hall–Kier alpha value is -2.62. The molecule has 1 fully saturated rings. The van der Waals surface area contributed by atoms with Crippen molar-refractivity contribution < 1.29 is 9.59 Å². The van der Waals surface area contributed by atoms with Crippen LogP contribution in [0.15, 0.2) is 48.5 Å². The molecule has 4 heteroatoms. The van der Waals surface area contributed by atoms with E-state index in [1.165, 1.54) is 0 Å². The first-order valence-electron chi connectivity index (χ1n) is 8.73. The number of nitrogens with one attached hydrogen (secondary N) is 2. The number of hydrogen-bond donors (Lipinski definition) is 2. The van der Waals surface area contributed by atoms with Crippen LogP contribution in [0.25, 0.3) is 0 Å². The quantitative estimate of drug-likeness (QED) is 0.854. The molecular weight excluding hydrogens is 312 g/mol. The molecule has 0 heterocycles. The number of amides is 2. The number of aryl methyl sites for hydroxylation is 1. The molecule has 2 unspecified atom stereocenters. The summed E-state index contributed by atoms with van der Waals surface area (Å²) in [7, 11) is 0. The molecule has 3 rings (SSSR count). The summed E-state index contributed by atoms with van der Waals surface area (Å²) < 4.78 is 0. The highest BCUT2D eigenvalue weighted by Gasteiger charge is 2.48. The van der Waals surface area contributed by atoms with Crippen LogP contribution in [0.4, 0.5) is 11.4 Å². The van der Waals surface area contributed by atoms with Gasteiger partial charge in [-0.05, 0) is 48.6 Å². The van der Waals surface area contributed by atoms with Crippen LogP contribution in [0, 0.1) is 18.8 Å². The standard InChI is InChI=1S/C21H24N2O2/c1-13(2)16-9-4-5-10-19(16)23-21(25)18-12-17(18)20(24)22-15-8-6-7-14(3)11-15/h4-11,13,17-18H,12H2,1-3H3,(H,22,24)(H,23,25). The first kappa shape index (κ1) is 17.2. The molecule has 2 atom stereocenters. The van der Waals surface area contributed by atoms with Crippen molar-refractivity contribution >= 4 is 23.2 Å². The van der Waals surface area contributed by atoms with Crippen molar-refractivity contribution in [1.29, 1.82) is 0 Å². The summed E-state index contributed by atoms with van der Waals surface area (Å²) in [5.74, 6) is -0.312. The Bertz CT molecular complexity index is 798. The molecule has 4 nitrogen and oxygen atoms in total. The van der Waals surface area contributed by atoms with Crippen molar-refractivity contribution in [1.82, 2.24) is 0 Å². The summed E-state index contributed by atoms with van der Waals surface area (Å²) in [4.78, 5) is 24.8. The summed E-state index contributed by atoms with van der Waals surface area (Å²) in [5.41, 5.74) is 3.82. The van der Waals surface area contributed by atoms with Crippen LogP contribution in [0.5, 0.6) is 0 Å². The van der Waals surface area contributed by atoms with Crippen LogP contribution >= 0.6 is 0 Å². The van der Waals surface area contributed by atoms with E-state index >= 15 is 0 Å². The number of anilines is 2. The molecule has 0 radical (unpaired) electrons. The highest BCUT2D eigenvalue weighted by Crippen LogP contribution is 2.40. The fourth-order valence-electron chi connectivity index (χ4n) is 3.07. The van der Waals surface area contributed by atoms with E-state index in [9.17, 15) is 9.59 Å². The van der Waals surface area contributed by atoms with Crippen LogP contribution in [0.1, 0.15) is 37.3 Å². The topological polar surface area (TPSA) is 58.2 Å². The lowest BCUT2D eigenvalue weighted by molar-refractivity contribution is -0.122. The lowest BCUT2D eigenvalue weighted by Gasteiger charge is -2.13. The van der Waals surface area contributed by atoms with Crippen molar-refractivity contribution in [2.45, 2.75) is 33.1 Å². The number of hydrogen-bond acceptors (Lipinski definition) is 2. The molecule has 1 aliphatic rings. The van der Waals surface area contributed by atoms with E-state index in [0.717, 1.165) is 22.5 Å². The lowest BCUT2D eigenvalue weighted by atomic mass is 10.0. The smallest absolute Gasteiger partial charge is 0.228 e. The molecule has 2 aromatic carbocycles. The Morgan fingerprint density at radius 2 is 1.64 bits per heavy atom. The van der Waals surface area contributed by atoms with Crippen LogP contribution in [-0.2, 0) is 9.59 Å². The van der Waals surface area contributed by atoms with Gasteiger partial charge in [0, 0.05) is 11.4 Å². The number of carbonyl (C=O) groups excluding carboxylic acids is 2. The SMILES string of the molecule is Cc1cccc(NC(=O)C2CC2C(=O)Nc2ccccc2C(C)C)c1. The number of rotatable bonds is 5. The Balaban J connectivity index is 1.60. The molecule has 2 aromatic rings. The van der Waals surface area contributed by atoms with E-state index in [-0.39, 0.29) is 23.7 Å². The van der Waals surface area contributed by atoms with Gasteiger partial charge < -0.3 is 10.6 Å². The predicted molar refractivity (Wildman–Crippen MR) is 101 cm³/mol. The largest absolute Gasteiger partial charge is 0.326 e. The van der Waals surface area contributed by atoms with E-state index in [4.69, 9.17) is 0 Å². The minimum Gasteiger partial charge on any atom is -0.326 e. The Morgan fingerprint density at radius 3 is 2.32 bits per heavy atom. The molecule has 0 aliphatic heterocycles. The fourth-order valence-corrected chi connectivity index (χ4v) is 3.07. The summed E-state index contributed by atoms with van der Waals surface area (Å²) in [5, 5.41) is 5.90. The van der Waals surface area contributed by atoms with Gasteiger partial charge in [-0.1, -0.05) is 44.2 Å². The zero-order chi connectivity index (χ0) is 18.0. The molecule has 1 aliphatic carbocycles. The van der Waals surface area contributed by atoms with Gasteiger partial charge >= 0.3 is 0 Å². The average Bonchev–Trinajstić information content (AvgIpc) is 3.36. The summed E-state index contributed by atoms with van der Waals surface area (Å²) in [6.45, 7) is 6.18. The second kappa shape index (κ2) is 7.09. The highest BCUT2D eigenvalue weighted by atomic mass is 16.2. The minimum atomic E-state index is -0.245. The Morgan fingerprint density at radius 1 is 0.960 bits per heavy atom. The summed E-state index contributed by atoms with van der Waals surface area (Å²) >= 11 is 0. The maximum absolute atomic E-state index is 12.5. The molecule has 130 valence electrons. The minimum absolute atomic E-state index is 0.0718. The van der Waals surface area contributed by atoms with Gasteiger partial charge in [-0.3, -0.25) is 9.59 Å². The van der Waals surface area contributed by atoms with Crippen LogP contribution in [0.3, 0.4) is 0 Å². The van der Waals surface area contributed by atoms with Crippen molar-refractivity contribution in [2.75, 3.05) is 10.6 Å². The summed E-state index contributed by atoms with van der Waals surface area (Å²) in [6.07, 6.45) is 0.604. The summed E-state index contributed by atoms with van der Waals surface area (Å²) in [6, 6.07) is 15.5. The van der Waals surface area contributed by atoms with Crippen LogP contribution in [0.2, 0.25) is 0 Å². The van der Waals surface area contributed by atoms with Crippen LogP contribution in [-0.4, -0.2) is 11.8 Å². The van der Waals surface area contributed by atoms with Crippen molar-refractivity contribution in [3.05, 3.63) is 59.7 Å².